The zero-order chi connectivity index (χ0) is 88.6. The number of hydrogen-bond donors (Lipinski definition) is 4. The Balaban J connectivity index is 0.000000142. The van der Waals surface area contributed by atoms with Crippen LogP contribution >= 0.6 is 0 Å². The zero-order valence-corrected chi connectivity index (χ0v) is 71.5. The van der Waals surface area contributed by atoms with Crippen molar-refractivity contribution in [2.75, 3.05) is 214 Å². The van der Waals surface area contributed by atoms with Crippen LogP contribution in [-0.4, -0.2) is 284 Å². The lowest BCUT2D eigenvalue weighted by Crippen LogP contribution is -2.55. The topological polar surface area (TPSA) is 410 Å². The molecule has 16 heterocycles. The Morgan fingerprint density at radius 3 is 0.847 bits per heavy atom. The average Bonchev–Trinajstić information content (AvgIpc) is 0.773. The number of aromatic nitrogens is 16. The van der Waals surface area contributed by atoms with Gasteiger partial charge in [0.1, 0.15) is 23.3 Å². The number of nitrogen functional groups attached to an aromatic ring is 4. The van der Waals surface area contributed by atoms with E-state index in [2.05, 4.69) is 79.6 Å². The summed E-state index contributed by atoms with van der Waals surface area (Å²) in [4.78, 5) is 87.8. The number of pyridine rings is 4. The molecule has 8 N–H and O–H groups in total. The van der Waals surface area contributed by atoms with Crippen LogP contribution in [0.1, 0.15) is 131 Å². The predicted molar refractivity (Wildman–Crippen MR) is 449 cm³/mol. The van der Waals surface area contributed by atoms with Gasteiger partial charge < -0.3 is 100 Å². The van der Waals surface area contributed by atoms with Crippen molar-refractivity contribution in [2.45, 2.75) is 162 Å². The molecule has 8 saturated heterocycles. The van der Waals surface area contributed by atoms with Crippen LogP contribution in [0.3, 0.4) is 0 Å². The van der Waals surface area contributed by atoms with Crippen molar-refractivity contribution in [3.8, 4) is 45.6 Å². The predicted octanol–water partition coefficient (Wildman–Crippen LogP) is 9.17. The quantitative estimate of drug-likeness (QED) is 0.0654. The number of hydrogen-bond acceptors (Lipinski definition) is 36. The summed E-state index contributed by atoms with van der Waals surface area (Å²) >= 11 is 0. The van der Waals surface area contributed by atoms with Gasteiger partial charge in [0.25, 0.3) is 25.7 Å². The first kappa shape index (κ1) is 91.1. The smallest absolute Gasteiger partial charge is 0.264 e. The zero-order valence-electron chi connectivity index (χ0n) is 71.5. The molecule has 0 amide bonds. The van der Waals surface area contributed by atoms with E-state index in [1.807, 2.05) is 112 Å². The fourth-order valence-electron chi connectivity index (χ4n) is 15.6. The molecule has 44 heteroatoms. The molecule has 0 bridgehead atoms. The Hall–Kier alpha value is -10.6. The highest BCUT2D eigenvalue weighted by atomic mass is 19.3. The minimum absolute atomic E-state index is 0.0144. The van der Waals surface area contributed by atoms with Gasteiger partial charge in [0.05, 0.1) is 159 Å². The van der Waals surface area contributed by atoms with Gasteiger partial charge >= 0.3 is 0 Å². The van der Waals surface area contributed by atoms with Gasteiger partial charge in [0.2, 0.25) is 47.6 Å². The molecule has 8 aromatic heterocycles. The molecule has 6 atom stereocenters. The van der Waals surface area contributed by atoms with Gasteiger partial charge in [-0.1, -0.05) is 0 Å². The standard InChI is InChI=1S/2C21H29F2N7O2.2C19H25F2N7O2/c1-11-7-31-8-12(2)29(11)20-26-19(16-6-25-17(24)5-15(16)18(22)23)27-21(28-20)30-13(3)9-32-10-14(30)4;1-20(2)11-31-7-5-29(20)18-26-17(14-10-25-15(24)9-13(14)16(22)23)27-19(28-18)30-6-8-32-12-21(30,3)4;1-19(2)11-30-8-5-28(19)18-25-16(13-10-23-14(22)9-12(13)15(20)21)24-17(26-18)27-3-6-29-7-4-27;1-11-9-29-5-3-27(11)18-24-17(14-8-23-15(22)7-13(14)16(20)21)25-19(26-18)28-4-6-30-10-12(28)2/h5-6,11-14,18H,7-10H2,1-4H3,(H2,24,25);9-10,16H,5-8,11-12H2,1-4H3,(H2,24,25);9-10,15H,3-8,11H2,1-2H3,(H2,22,23);7-8,11-12,16H,3-6,9-10H2,1-2H3,(H2,22,23)/t11-,12+,13-,14+;;;11-,12-/m...1/s1. The van der Waals surface area contributed by atoms with Crippen LogP contribution < -0.4 is 62.1 Å². The molecule has 0 aromatic carbocycles. The van der Waals surface area contributed by atoms with Crippen LogP contribution in [0.5, 0.6) is 0 Å². The molecular weight excluding hydrogens is 1630 g/mol. The second kappa shape index (κ2) is 39.3. The highest BCUT2D eigenvalue weighted by Crippen LogP contribution is 2.40. The molecule has 0 unspecified atom stereocenters. The second-order valence-electron chi connectivity index (χ2n) is 33.2. The molecule has 8 fully saturated rings. The van der Waals surface area contributed by atoms with E-state index >= 15 is 0 Å². The number of anilines is 12. The molecule has 0 saturated carbocycles. The molecular formula is C80H108F8N28O8. The summed E-state index contributed by atoms with van der Waals surface area (Å²) in [6.45, 7) is 36.9. The van der Waals surface area contributed by atoms with Gasteiger partial charge in [0.15, 0.2) is 23.3 Å². The Morgan fingerprint density at radius 1 is 0.298 bits per heavy atom. The number of alkyl halides is 8. The van der Waals surface area contributed by atoms with Gasteiger partial charge in [0, 0.05) is 115 Å². The van der Waals surface area contributed by atoms with Gasteiger partial charge in [-0.15, -0.1) is 0 Å². The summed E-state index contributed by atoms with van der Waals surface area (Å²) in [5.41, 5.74) is 21.0. The van der Waals surface area contributed by atoms with Gasteiger partial charge in [-0.05, 0) is 107 Å². The van der Waals surface area contributed by atoms with Crippen LogP contribution in [-0.2, 0) is 37.9 Å². The molecule has 8 aliphatic rings. The number of morpholine rings is 8. The van der Waals surface area contributed by atoms with Gasteiger partial charge in [-0.3, -0.25) is 0 Å². The number of ether oxygens (including phenoxy) is 8. The van der Waals surface area contributed by atoms with Crippen LogP contribution in [0.4, 0.5) is 106 Å². The van der Waals surface area contributed by atoms with Crippen molar-refractivity contribution in [1.29, 1.82) is 0 Å². The third kappa shape index (κ3) is 21.1. The van der Waals surface area contributed by atoms with Crippen molar-refractivity contribution in [3.63, 3.8) is 0 Å². The summed E-state index contributed by atoms with van der Waals surface area (Å²) in [5.74, 6) is 4.05. The maximum absolute atomic E-state index is 13.8. The molecule has 8 aliphatic heterocycles. The molecule has 672 valence electrons. The minimum Gasteiger partial charge on any atom is -0.384 e. The summed E-state index contributed by atoms with van der Waals surface area (Å²) in [7, 11) is 0. The van der Waals surface area contributed by atoms with Crippen LogP contribution in [0.2, 0.25) is 0 Å². The Morgan fingerprint density at radius 2 is 0.548 bits per heavy atom. The monoisotopic (exact) mass is 1740 g/mol. The molecule has 0 radical (unpaired) electrons. The van der Waals surface area contributed by atoms with E-state index in [0.29, 0.717) is 199 Å². The number of nitrogens with two attached hydrogens (primary N) is 4. The Bertz CT molecular complexity index is 4650. The second-order valence-corrected chi connectivity index (χ2v) is 33.2. The lowest BCUT2D eigenvalue weighted by atomic mass is 10.0. The largest absolute Gasteiger partial charge is 0.384 e. The molecule has 8 aromatic rings. The van der Waals surface area contributed by atoms with E-state index in [1.165, 1.54) is 36.9 Å². The normalized spacial score (nSPS) is 22.3. The maximum Gasteiger partial charge on any atom is 0.264 e. The fraction of sp³-hybridized carbons (Fsp3) is 0.600. The summed E-state index contributed by atoms with van der Waals surface area (Å²) < 4.78 is 155. The lowest BCUT2D eigenvalue weighted by Gasteiger charge is -2.44. The van der Waals surface area contributed by atoms with Crippen LogP contribution in [0.25, 0.3) is 45.6 Å². The maximum atomic E-state index is 13.8. The highest BCUT2D eigenvalue weighted by Gasteiger charge is 2.41. The van der Waals surface area contributed by atoms with Crippen molar-refractivity contribution in [1.82, 2.24) is 79.7 Å². The van der Waals surface area contributed by atoms with Crippen molar-refractivity contribution in [2.24, 2.45) is 0 Å². The van der Waals surface area contributed by atoms with Crippen LogP contribution in [0, 0.1) is 0 Å². The van der Waals surface area contributed by atoms with Crippen molar-refractivity contribution >= 4 is 70.9 Å². The number of nitrogens with zero attached hydrogens (tertiary/aromatic N) is 24. The molecule has 0 spiro atoms. The summed E-state index contributed by atoms with van der Waals surface area (Å²) in [6.07, 6.45) is -5.78. The first-order valence-corrected chi connectivity index (χ1v) is 41.1. The van der Waals surface area contributed by atoms with Crippen LogP contribution in [0.15, 0.2) is 49.1 Å². The van der Waals surface area contributed by atoms with E-state index in [4.69, 9.17) is 70.8 Å². The molecule has 0 aliphatic carbocycles. The average molecular weight is 1740 g/mol. The van der Waals surface area contributed by atoms with Crippen molar-refractivity contribution < 1.29 is 73.0 Å². The number of rotatable bonds is 16. The summed E-state index contributed by atoms with van der Waals surface area (Å²) in [5, 5.41) is 0. The third-order valence-corrected chi connectivity index (χ3v) is 22.2. The summed E-state index contributed by atoms with van der Waals surface area (Å²) in [6, 6.07) is 4.81. The molecule has 36 nitrogen and oxygen atoms in total. The lowest BCUT2D eigenvalue weighted by molar-refractivity contribution is 0.0619. The van der Waals surface area contributed by atoms with E-state index in [-0.39, 0.29) is 144 Å². The SMILES string of the molecule is CC1(C)COCCN1c1nc(-c2cnc(N)cc2C(F)F)nc(N2CCOCC2(C)C)n1.CC1(C)COCCN1c1nc(-c2cnc(N)cc2C(F)F)nc(N2CCOCC2)n1.C[C@@H]1COCCN1c1nc(-c2cnc(N)cc2C(F)F)nc(N2CCOC[C@H]2C)n1.C[C@@H]1COC[C@H](C)N1c1nc(-c2cnc(N)cc2C(F)F)nc(N2[C@H](C)COC[C@@H]2C)n1. The van der Waals surface area contributed by atoms with Gasteiger partial charge in [-0.25, -0.2) is 55.1 Å². The Labute approximate surface area is 713 Å². The van der Waals surface area contributed by atoms with Gasteiger partial charge in [-0.2, -0.15) is 59.8 Å². The van der Waals surface area contributed by atoms with E-state index in [0.717, 1.165) is 12.1 Å². The van der Waals surface area contributed by atoms with E-state index in [9.17, 15) is 35.1 Å². The highest BCUT2D eigenvalue weighted by molar-refractivity contribution is 5.69. The third-order valence-electron chi connectivity index (χ3n) is 22.2. The molecule has 124 heavy (non-hydrogen) atoms. The Kier molecular flexibility index (Phi) is 28.8. The number of halogens is 8. The first-order valence-electron chi connectivity index (χ1n) is 41.1. The fourth-order valence-corrected chi connectivity index (χ4v) is 15.6. The molecule has 16 rings (SSSR count). The first-order chi connectivity index (χ1) is 59.1. The van der Waals surface area contributed by atoms with E-state index in [1.54, 1.807) is 0 Å². The van der Waals surface area contributed by atoms with Crippen molar-refractivity contribution in [3.05, 3.63) is 71.3 Å². The minimum atomic E-state index is -2.75. The van der Waals surface area contributed by atoms with E-state index < -0.39 is 25.7 Å².